The van der Waals surface area contributed by atoms with Crippen molar-refractivity contribution in [3.8, 4) is 0 Å². The molecule has 1 N–H and O–H groups in total. The van der Waals surface area contributed by atoms with E-state index in [1.165, 1.54) is 24.3 Å². The summed E-state index contributed by atoms with van der Waals surface area (Å²) in [5, 5.41) is 2.94. The third kappa shape index (κ3) is 5.36. The van der Waals surface area contributed by atoms with Gasteiger partial charge in [0.15, 0.2) is 5.13 Å². The number of aryl methyl sites for hydroxylation is 1. The molecule has 1 aromatic heterocycles. The molecule has 2 aromatic rings. The summed E-state index contributed by atoms with van der Waals surface area (Å²) in [6, 6.07) is 5.94. The first kappa shape index (κ1) is 24.3. The van der Waals surface area contributed by atoms with Crippen LogP contribution in [0.1, 0.15) is 71.7 Å². The van der Waals surface area contributed by atoms with Gasteiger partial charge in [0.1, 0.15) is 4.88 Å². The van der Waals surface area contributed by atoms with E-state index in [-0.39, 0.29) is 22.7 Å². The first-order valence-electron chi connectivity index (χ1n) is 10.9. The summed E-state index contributed by atoms with van der Waals surface area (Å²) < 4.78 is 32.9. The zero-order valence-electron chi connectivity index (χ0n) is 18.6. The van der Waals surface area contributed by atoms with Crippen molar-refractivity contribution in [1.82, 2.24) is 9.29 Å². The molecule has 0 spiro atoms. The van der Waals surface area contributed by atoms with Crippen molar-refractivity contribution in [3.05, 3.63) is 40.4 Å². The van der Waals surface area contributed by atoms with Gasteiger partial charge in [0, 0.05) is 18.2 Å². The number of carbonyl (C=O) groups is 2. The van der Waals surface area contributed by atoms with E-state index < -0.39 is 21.9 Å². The van der Waals surface area contributed by atoms with E-state index in [0.29, 0.717) is 22.7 Å². The fourth-order valence-electron chi connectivity index (χ4n) is 3.91. The molecule has 32 heavy (non-hydrogen) atoms. The first-order chi connectivity index (χ1) is 15.3. The fourth-order valence-corrected chi connectivity index (χ4v) is 6.46. The van der Waals surface area contributed by atoms with Crippen LogP contribution in [-0.2, 0) is 14.8 Å². The number of carbonyl (C=O) groups excluding carboxylic acids is 2. The third-order valence-electron chi connectivity index (χ3n) is 5.49. The summed E-state index contributed by atoms with van der Waals surface area (Å²) in [5.74, 6) is -0.909. The Morgan fingerprint density at radius 1 is 1.16 bits per heavy atom. The van der Waals surface area contributed by atoms with Crippen molar-refractivity contribution in [2.45, 2.75) is 63.8 Å². The predicted octanol–water partition coefficient (Wildman–Crippen LogP) is 4.22. The number of ether oxygens (including phenoxy) is 1. The van der Waals surface area contributed by atoms with E-state index in [1.807, 2.05) is 6.92 Å². The van der Waals surface area contributed by atoms with Crippen LogP contribution in [0.3, 0.4) is 0 Å². The van der Waals surface area contributed by atoms with Crippen LogP contribution in [0.15, 0.2) is 29.2 Å². The van der Waals surface area contributed by atoms with E-state index >= 15 is 0 Å². The number of nitrogens with zero attached hydrogens (tertiary/aromatic N) is 2. The molecule has 174 valence electrons. The maximum absolute atomic E-state index is 13.2. The Morgan fingerprint density at radius 2 is 1.81 bits per heavy atom. The Kier molecular flexibility index (Phi) is 8.02. The maximum Gasteiger partial charge on any atom is 0.350 e. The number of hydrogen-bond acceptors (Lipinski definition) is 7. The molecule has 0 saturated heterocycles. The van der Waals surface area contributed by atoms with E-state index in [4.69, 9.17) is 4.74 Å². The summed E-state index contributed by atoms with van der Waals surface area (Å²) >= 11 is 1.04. The monoisotopic (exact) mass is 479 g/mol. The molecule has 0 radical (unpaired) electrons. The fraction of sp³-hybridized carbons (Fsp3) is 0.500. The SMILES string of the molecule is CCOC(=O)c1sc(NC(=O)c2ccc(S(=O)(=O)N(CC)C3CCCCC3)cc2)nc1C. The lowest BCUT2D eigenvalue weighted by Crippen LogP contribution is -2.41. The molecule has 1 aliphatic rings. The van der Waals surface area contributed by atoms with Crippen molar-refractivity contribution in [2.24, 2.45) is 0 Å². The summed E-state index contributed by atoms with van der Waals surface area (Å²) in [5.41, 5.74) is 0.780. The second-order valence-electron chi connectivity index (χ2n) is 7.63. The Labute approximate surface area is 193 Å². The maximum atomic E-state index is 13.2. The molecule has 10 heteroatoms. The highest BCUT2D eigenvalue weighted by Crippen LogP contribution is 2.28. The van der Waals surface area contributed by atoms with Gasteiger partial charge in [-0.1, -0.05) is 37.5 Å². The Bertz CT molecular complexity index is 1060. The molecule has 1 amide bonds. The molecule has 1 fully saturated rings. The van der Waals surface area contributed by atoms with Crippen LogP contribution >= 0.6 is 11.3 Å². The van der Waals surface area contributed by atoms with E-state index in [2.05, 4.69) is 10.3 Å². The first-order valence-corrected chi connectivity index (χ1v) is 13.1. The van der Waals surface area contributed by atoms with Crippen LogP contribution in [-0.4, -0.2) is 48.8 Å². The quantitative estimate of drug-likeness (QED) is 0.568. The minimum absolute atomic E-state index is 0.0310. The minimum Gasteiger partial charge on any atom is -0.462 e. The Hall–Kier alpha value is -2.30. The van der Waals surface area contributed by atoms with E-state index in [1.54, 1.807) is 18.2 Å². The molecule has 8 nitrogen and oxygen atoms in total. The Balaban J connectivity index is 1.73. The van der Waals surface area contributed by atoms with Gasteiger partial charge in [-0.05, 0) is 51.0 Å². The molecular weight excluding hydrogens is 450 g/mol. The number of rotatable bonds is 8. The molecule has 0 unspecified atom stereocenters. The number of esters is 1. The van der Waals surface area contributed by atoms with Crippen LogP contribution < -0.4 is 5.32 Å². The summed E-state index contributed by atoms with van der Waals surface area (Å²) in [6.45, 7) is 5.92. The van der Waals surface area contributed by atoms with Crippen LogP contribution in [0.5, 0.6) is 0 Å². The van der Waals surface area contributed by atoms with Gasteiger partial charge < -0.3 is 4.74 Å². The van der Waals surface area contributed by atoms with Crippen molar-refractivity contribution in [3.63, 3.8) is 0 Å². The highest BCUT2D eigenvalue weighted by molar-refractivity contribution is 7.89. The van der Waals surface area contributed by atoms with Gasteiger partial charge in [-0.25, -0.2) is 18.2 Å². The second kappa shape index (κ2) is 10.5. The van der Waals surface area contributed by atoms with Gasteiger partial charge in [-0.3, -0.25) is 10.1 Å². The van der Waals surface area contributed by atoms with Crippen LogP contribution in [0.4, 0.5) is 5.13 Å². The molecule has 1 heterocycles. The molecular formula is C22H29N3O5S2. The van der Waals surface area contributed by atoms with Crippen molar-refractivity contribution in [2.75, 3.05) is 18.5 Å². The van der Waals surface area contributed by atoms with Gasteiger partial charge in [0.25, 0.3) is 5.91 Å². The summed E-state index contributed by atoms with van der Waals surface area (Å²) in [6.07, 6.45) is 5.01. The lowest BCUT2D eigenvalue weighted by atomic mass is 9.95. The summed E-state index contributed by atoms with van der Waals surface area (Å²) in [7, 11) is -3.63. The lowest BCUT2D eigenvalue weighted by molar-refractivity contribution is 0.0531. The number of nitrogens with one attached hydrogen (secondary N) is 1. The largest absolute Gasteiger partial charge is 0.462 e. The highest BCUT2D eigenvalue weighted by Gasteiger charge is 2.31. The van der Waals surface area contributed by atoms with Crippen molar-refractivity contribution in [1.29, 1.82) is 0 Å². The van der Waals surface area contributed by atoms with Gasteiger partial charge in [0.05, 0.1) is 17.2 Å². The number of aromatic nitrogens is 1. The topological polar surface area (TPSA) is 106 Å². The van der Waals surface area contributed by atoms with Gasteiger partial charge in [-0.2, -0.15) is 4.31 Å². The number of anilines is 1. The number of sulfonamides is 1. The molecule has 0 aliphatic heterocycles. The number of hydrogen-bond donors (Lipinski definition) is 1. The van der Waals surface area contributed by atoms with Crippen LogP contribution in [0, 0.1) is 6.92 Å². The normalized spacial score (nSPS) is 15.0. The van der Waals surface area contributed by atoms with Gasteiger partial charge >= 0.3 is 5.97 Å². The molecule has 3 rings (SSSR count). The lowest BCUT2D eigenvalue weighted by Gasteiger charge is -2.32. The van der Waals surface area contributed by atoms with E-state index in [0.717, 1.165) is 43.4 Å². The van der Waals surface area contributed by atoms with E-state index in [9.17, 15) is 18.0 Å². The van der Waals surface area contributed by atoms with Crippen molar-refractivity contribution < 1.29 is 22.7 Å². The zero-order valence-corrected chi connectivity index (χ0v) is 20.2. The molecule has 1 aromatic carbocycles. The summed E-state index contributed by atoms with van der Waals surface area (Å²) in [4.78, 5) is 29.3. The molecule has 1 saturated carbocycles. The number of benzene rings is 1. The van der Waals surface area contributed by atoms with Crippen LogP contribution in [0.2, 0.25) is 0 Å². The third-order valence-corrected chi connectivity index (χ3v) is 8.59. The smallest absolute Gasteiger partial charge is 0.350 e. The zero-order chi connectivity index (χ0) is 23.3. The van der Waals surface area contributed by atoms with Gasteiger partial charge in [0.2, 0.25) is 10.0 Å². The van der Waals surface area contributed by atoms with Crippen molar-refractivity contribution >= 4 is 38.4 Å². The van der Waals surface area contributed by atoms with Crippen LogP contribution in [0.25, 0.3) is 0 Å². The molecule has 1 aliphatic carbocycles. The predicted molar refractivity (Wildman–Crippen MR) is 124 cm³/mol. The molecule has 0 bridgehead atoms. The molecule has 0 atom stereocenters. The number of amides is 1. The highest BCUT2D eigenvalue weighted by atomic mass is 32.2. The second-order valence-corrected chi connectivity index (χ2v) is 10.5. The van der Waals surface area contributed by atoms with Gasteiger partial charge in [-0.15, -0.1) is 0 Å². The minimum atomic E-state index is -3.63. The standard InChI is InChI=1S/C22H29N3O5S2/c1-4-25(17-9-7-6-8-10-17)32(28,29)18-13-11-16(12-14-18)20(26)24-22-23-15(3)19(31-22)21(27)30-5-2/h11-14,17H,4-10H2,1-3H3,(H,23,24,26). The average molecular weight is 480 g/mol. The number of thiazole rings is 1. The Morgan fingerprint density at radius 3 is 2.41 bits per heavy atom. The average Bonchev–Trinajstić information content (AvgIpc) is 3.15.